The molecule has 2 amide bonds. The van der Waals surface area contributed by atoms with Gasteiger partial charge in [0.15, 0.2) is 11.7 Å². The van der Waals surface area contributed by atoms with E-state index in [1.54, 1.807) is 19.2 Å². The number of hydrogen-bond acceptors (Lipinski definition) is 5. The van der Waals surface area contributed by atoms with Gasteiger partial charge in [-0.1, -0.05) is 0 Å². The molecule has 1 aromatic rings. The van der Waals surface area contributed by atoms with Gasteiger partial charge >= 0.3 is 0 Å². The number of piperazine rings is 1. The Bertz CT molecular complexity index is 674. The van der Waals surface area contributed by atoms with Gasteiger partial charge in [0.1, 0.15) is 5.76 Å². The number of aliphatic imine (C=N–C) groups is 1. The molecular weight excluding hydrogens is 336 g/mol. The van der Waals surface area contributed by atoms with Crippen LogP contribution < -0.4 is 16.4 Å². The van der Waals surface area contributed by atoms with Crippen molar-refractivity contribution in [3.63, 3.8) is 0 Å². The van der Waals surface area contributed by atoms with Crippen LogP contribution >= 0.6 is 0 Å². The predicted octanol–water partition coefficient (Wildman–Crippen LogP) is -0.650. The first-order valence-electron chi connectivity index (χ1n) is 8.91. The molecule has 1 aromatic heterocycles. The van der Waals surface area contributed by atoms with Crippen LogP contribution in [0.5, 0.6) is 0 Å². The van der Waals surface area contributed by atoms with Gasteiger partial charge in [0, 0.05) is 39.3 Å². The molecule has 0 spiro atoms. The largest absolute Gasteiger partial charge is 0.454 e. The van der Waals surface area contributed by atoms with Gasteiger partial charge in [0.05, 0.1) is 13.1 Å². The second kappa shape index (κ2) is 8.22. The van der Waals surface area contributed by atoms with E-state index in [2.05, 4.69) is 25.4 Å². The molecule has 2 fully saturated rings. The first-order valence-corrected chi connectivity index (χ1v) is 8.91. The second-order valence-corrected chi connectivity index (χ2v) is 6.64. The maximum atomic E-state index is 11.9. The molecule has 26 heavy (non-hydrogen) atoms. The van der Waals surface area contributed by atoms with Crippen LogP contribution in [0.2, 0.25) is 0 Å². The van der Waals surface area contributed by atoms with Crippen molar-refractivity contribution < 1.29 is 14.0 Å². The molecule has 0 radical (unpaired) electrons. The summed E-state index contributed by atoms with van der Waals surface area (Å²) in [6.45, 7) is 4.08. The molecule has 0 bridgehead atoms. The van der Waals surface area contributed by atoms with E-state index in [0.717, 1.165) is 45.0 Å². The van der Waals surface area contributed by atoms with Crippen LogP contribution in [0.3, 0.4) is 0 Å². The molecule has 9 heteroatoms. The minimum atomic E-state index is -0.581. The molecule has 4 N–H and O–H groups in total. The van der Waals surface area contributed by atoms with E-state index < -0.39 is 5.91 Å². The van der Waals surface area contributed by atoms with Gasteiger partial charge in [-0.05, 0) is 25.0 Å². The molecule has 142 valence electrons. The maximum absolute atomic E-state index is 11.9. The summed E-state index contributed by atoms with van der Waals surface area (Å²) in [5.74, 6) is 1.07. The Morgan fingerprint density at radius 1 is 1.27 bits per heavy atom. The first kappa shape index (κ1) is 18.2. The lowest BCUT2D eigenvalue weighted by Crippen LogP contribution is -2.54. The minimum absolute atomic E-state index is 0.117. The summed E-state index contributed by atoms with van der Waals surface area (Å²) >= 11 is 0. The van der Waals surface area contributed by atoms with Crippen LogP contribution in [0.1, 0.15) is 29.2 Å². The van der Waals surface area contributed by atoms with Crippen molar-refractivity contribution in [2.24, 2.45) is 10.7 Å². The number of carbonyl (C=O) groups is 2. The van der Waals surface area contributed by atoms with Gasteiger partial charge in [-0.3, -0.25) is 19.5 Å². The third kappa shape index (κ3) is 4.98. The lowest BCUT2D eigenvalue weighted by atomic mass is 10.3. The Labute approximate surface area is 152 Å². The number of carbonyl (C=O) groups excluding carboxylic acids is 2. The highest BCUT2D eigenvalue weighted by atomic mass is 16.3. The Balaban J connectivity index is 1.42. The zero-order chi connectivity index (χ0) is 18.5. The monoisotopic (exact) mass is 362 g/mol. The highest BCUT2D eigenvalue weighted by molar-refractivity contribution is 5.89. The van der Waals surface area contributed by atoms with Gasteiger partial charge in [0.25, 0.3) is 5.91 Å². The summed E-state index contributed by atoms with van der Waals surface area (Å²) in [6, 6.07) is 3.69. The van der Waals surface area contributed by atoms with E-state index in [4.69, 9.17) is 10.2 Å². The molecule has 3 rings (SSSR count). The van der Waals surface area contributed by atoms with Crippen molar-refractivity contribution in [3.05, 3.63) is 23.7 Å². The average Bonchev–Trinajstić information content (AvgIpc) is 3.29. The van der Waals surface area contributed by atoms with E-state index in [9.17, 15) is 9.59 Å². The SMILES string of the molecule is CN=C(NCc1ccc(C(N)=O)o1)N1CCN(CC(=O)NC2CC2)CC1. The summed E-state index contributed by atoms with van der Waals surface area (Å²) in [4.78, 5) is 31.6. The van der Waals surface area contributed by atoms with Gasteiger partial charge < -0.3 is 25.7 Å². The Kier molecular flexibility index (Phi) is 5.77. The smallest absolute Gasteiger partial charge is 0.284 e. The van der Waals surface area contributed by atoms with Gasteiger partial charge in [-0.15, -0.1) is 0 Å². The van der Waals surface area contributed by atoms with Crippen molar-refractivity contribution >= 4 is 17.8 Å². The number of hydrogen-bond donors (Lipinski definition) is 3. The summed E-state index contributed by atoms with van der Waals surface area (Å²) in [6.07, 6.45) is 2.22. The fourth-order valence-electron chi connectivity index (χ4n) is 2.93. The number of amides is 2. The van der Waals surface area contributed by atoms with E-state index in [0.29, 0.717) is 24.9 Å². The second-order valence-electron chi connectivity index (χ2n) is 6.64. The number of primary amides is 1. The molecule has 9 nitrogen and oxygen atoms in total. The van der Waals surface area contributed by atoms with Crippen LogP contribution in [0, 0.1) is 0 Å². The first-order chi connectivity index (χ1) is 12.5. The number of guanidine groups is 1. The molecule has 0 aromatic carbocycles. The lowest BCUT2D eigenvalue weighted by Gasteiger charge is -2.36. The number of furan rings is 1. The van der Waals surface area contributed by atoms with Gasteiger partial charge in [-0.25, -0.2) is 0 Å². The van der Waals surface area contributed by atoms with Crippen LogP contribution in [0.4, 0.5) is 0 Å². The number of rotatable bonds is 6. The Morgan fingerprint density at radius 3 is 2.58 bits per heavy atom. The average molecular weight is 362 g/mol. The highest BCUT2D eigenvalue weighted by Gasteiger charge is 2.25. The fraction of sp³-hybridized carbons (Fsp3) is 0.588. The standard InChI is InChI=1S/C17H26N6O3/c1-19-17(20-10-13-4-5-14(26-13)16(18)25)23-8-6-22(7-9-23)11-15(24)21-12-2-3-12/h4-5,12H,2-3,6-11H2,1H3,(H2,18,25)(H,19,20)(H,21,24). The lowest BCUT2D eigenvalue weighted by molar-refractivity contribution is -0.122. The zero-order valence-corrected chi connectivity index (χ0v) is 15.0. The molecule has 0 unspecified atom stereocenters. The number of nitrogens with one attached hydrogen (secondary N) is 2. The maximum Gasteiger partial charge on any atom is 0.284 e. The topological polar surface area (TPSA) is 116 Å². The van der Waals surface area contributed by atoms with E-state index in [-0.39, 0.29) is 11.7 Å². The molecule has 1 aliphatic heterocycles. The van der Waals surface area contributed by atoms with Crippen LogP contribution in [0.25, 0.3) is 0 Å². The van der Waals surface area contributed by atoms with Crippen molar-refractivity contribution in [2.75, 3.05) is 39.8 Å². The Hall–Kier alpha value is -2.55. The molecule has 2 aliphatic rings. The van der Waals surface area contributed by atoms with Crippen molar-refractivity contribution in [2.45, 2.75) is 25.4 Å². The third-order valence-corrected chi connectivity index (χ3v) is 4.52. The number of nitrogens with two attached hydrogens (primary N) is 1. The third-order valence-electron chi connectivity index (χ3n) is 4.52. The quantitative estimate of drug-likeness (QED) is 0.457. The summed E-state index contributed by atoms with van der Waals surface area (Å²) in [5, 5.41) is 6.25. The van der Waals surface area contributed by atoms with Crippen LogP contribution in [0.15, 0.2) is 21.5 Å². The highest BCUT2D eigenvalue weighted by Crippen LogP contribution is 2.18. The number of nitrogens with zero attached hydrogens (tertiary/aromatic N) is 3. The van der Waals surface area contributed by atoms with E-state index in [1.165, 1.54) is 0 Å². The van der Waals surface area contributed by atoms with Gasteiger partial charge in [-0.2, -0.15) is 0 Å². The fourth-order valence-corrected chi connectivity index (χ4v) is 2.93. The van der Waals surface area contributed by atoms with Crippen molar-refractivity contribution in [1.82, 2.24) is 20.4 Å². The summed E-state index contributed by atoms with van der Waals surface area (Å²) in [5.41, 5.74) is 5.19. The Morgan fingerprint density at radius 2 is 2.00 bits per heavy atom. The summed E-state index contributed by atoms with van der Waals surface area (Å²) < 4.78 is 5.36. The van der Waals surface area contributed by atoms with Crippen molar-refractivity contribution in [3.8, 4) is 0 Å². The van der Waals surface area contributed by atoms with Gasteiger partial charge in [0.2, 0.25) is 5.91 Å². The molecule has 1 saturated carbocycles. The molecule has 1 aliphatic carbocycles. The van der Waals surface area contributed by atoms with E-state index in [1.807, 2.05) is 0 Å². The zero-order valence-electron chi connectivity index (χ0n) is 15.0. The van der Waals surface area contributed by atoms with Crippen LogP contribution in [-0.4, -0.2) is 73.4 Å². The normalized spacial score (nSPS) is 18.7. The van der Waals surface area contributed by atoms with Crippen molar-refractivity contribution in [1.29, 1.82) is 0 Å². The molecule has 2 heterocycles. The van der Waals surface area contributed by atoms with Crippen LogP contribution in [-0.2, 0) is 11.3 Å². The minimum Gasteiger partial charge on any atom is -0.454 e. The van der Waals surface area contributed by atoms with E-state index >= 15 is 0 Å². The molecular formula is C17H26N6O3. The predicted molar refractivity (Wildman–Crippen MR) is 96.6 cm³/mol. The summed E-state index contributed by atoms with van der Waals surface area (Å²) in [7, 11) is 1.73. The molecule has 1 saturated heterocycles. The molecule has 0 atom stereocenters.